The van der Waals surface area contributed by atoms with Crippen molar-refractivity contribution in [3.8, 4) is 0 Å². The molecule has 0 aromatic carbocycles. The topological polar surface area (TPSA) is 59.3 Å². The quantitative estimate of drug-likeness (QED) is 0.352. The van der Waals surface area contributed by atoms with Gasteiger partial charge in [0.05, 0.1) is 22.0 Å². The van der Waals surface area contributed by atoms with Crippen LogP contribution in [-0.2, 0) is 11.3 Å². The molecule has 7 heteroatoms. The fourth-order valence-electron chi connectivity index (χ4n) is 7.59. The van der Waals surface area contributed by atoms with Gasteiger partial charge in [-0.05, 0) is 91.1 Å². The molecule has 4 aliphatic carbocycles. The lowest BCUT2D eigenvalue weighted by Crippen LogP contribution is -2.64. The maximum atomic E-state index is 9.45. The highest BCUT2D eigenvalue weighted by Gasteiger charge is 2.66. The van der Waals surface area contributed by atoms with Gasteiger partial charge in [0.15, 0.2) is 0 Å². The smallest absolute Gasteiger partial charge is 0.373 e. The molecule has 4 fully saturated rings. The van der Waals surface area contributed by atoms with E-state index in [0.29, 0.717) is 24.0 Å². The first-order chi connectivity index (χ1) is 12.6. The number of hydrogen-bond acceptors (Lipinski definition) is 4. The van der Waals surface area contributed by atoms with Crippen LogP contribution >= 0.6 is 22.6 Å². The molecular formula is C20H33BIN3O2. The van der Waals surface area contributed by atoms with Gasteiger partial charge in [0, 0.05) is 18.8 Å². The Morgan fingerprint density at radius 1 is 1.22 bits per heavy atom. The molecule has 5 nitrogen and oxygen atoms in total. The molecule has 0 spiro atoms. The molecule has 27 heavy (non-hydrogen) atoms. The Balaban J connectivity index is 1.57. The van der Waals surface area contributed by atoms with Crippen LogP contribution in [-0.4, -0.2) is 40.6 Å². The SMILES string of the molecule is CB(O)NCCOC12CC3(C)CC(C)(CC(Cn4ncc(I)c4C)(C3)C1)C2. The molecule has 4 bridgehead atoms. The van der Waals surface area contributed by atoms with E-state index in [0.717, 1.165) is 13.0 Å². The van der Waals surface area contributed by atoms with Crippen molar-refractivity contribution in [1.82, 2.24) is 15.0 Å². The van der Waals surface area contributed by atoms with Crippen LogP contribution in [0.25, 0.3) is 0 Å². The third-order valence-corrected chi connectivity index (χ3v) is 8.19. The van der Waals surface area contributed by atoms with Crippen LogP contribution in [0, 0.1) is 26.7 Å². The standard InChI is InChI=1S/C20H33BIN3O2/c1-15-16(22)7-24-25(15)14-19-9-17(2)8-18(3,10-19)12-20(11-17,13-19)27-6-5-23-21(4)26/h7,23,26H,5-6,8-14H2,1-4H3. The predicted molar refractivity (Wildman–Crippen MR) is 117 cm³/mol. The van der Waals surface area contributed by atoms with E-state index in [2.05, 4.69) is 58.4 Å². The van der Waals surface area contributed by atoms with Crippen molar-refractivity contribution in [3.05, 3.63) is 15.5 Å². The molecule has 0 amide bonds. The lowest BCUT2D eigenvalue weighted by molar-refractivity contribution is -0.247. The van der Waals surface area contributed by atoms with Crippen LogP contribution in [0.5, 0.6) is 0 Å². The third kappa shape index (κ3) is 3.86. The summed E-state index contributed by atoms with van der Waals surface area (Å²) in [7, 11) is -0.475. The first-order valence-electron chi connectivity index (χ1n) is 10.3. The summed E-state index contributed by atoms with van der Waals surface area (Å²) < 4.78 is 10.1. The van der Waals surface area contributed by atoms with Gasteiger partial charge >= 0.3 is 7.05 Å². The van der Waals surface area contributed by atoms with Gasteiger partial charge in [0.1, 0.15) is 0 Å². The van der Waals surface area contributed by atoms with E-state index >= 15 is 0 Å². The Kier molecular flexibility index (Phi) is 5.01. The van der Waals surface area contributed by atoms with Crippen LogP contribution in [0.3, 0.4) is 0 Å². The largest absolute Gasteiger partial charge is 0.437 e. The fourth-order valence-corrected chi connectivity index (χ4v) is 7.99. The summed E-state index contributed by atoms with van der Waals surface area (Å²) in [4.78, 5) is 0. The van der Waals surface area contributed by atoms with Crippen molar-refractivity contribution in [2.75, 3.05) is 13.2 Å². The summed E-state index contributed by atoms with van der Waals surface area (Å²) in [5.74, 6) is 0. The van der Waals surface area contributed by atoms with E-state index in [1.165, 1.54) is 41.4 Å². The summed E-state index contributed by atoms with van der Waals surface area (Å²) in [6, 6.07) is 0. The minimum atomic E-state index is -0.475. The molecule has 150 valence electrons. The molecule has 4 saturated carbocycles. The van der Waals surface area contributed by atoms with Gasteiger partial charge in [-0.25, -0.2) is 0 Å². The van der Waals surface area contributed by atoms with Crippen molar-refractivity contribution in [3.63, 3.8) is 0 Å². The van der Waals surface area contributed by atoms with Crippen molar-refractivity contribution in [2.24, 2.45) is 16.2 Å². The zero-order chi connectivity index (χ0) is 19.5. The Morgan fingerprint density at radius 3 is 2.44 bits per heavy atom. The Morgan fingerprint density at radius 2 is 1.89 bits per heavy atom. The van der Waals surface area contributed by atoms with Crippen LogP contribution in [0.4, 0.5) is 0 Å². The molecule has 2 unspecified atom stereocenters. The minimum absolute atomic E-state index is 0.00711. The Bertz CT molecular complexity index is 704. The molecule has 2 N–H and O–H groups in total. The molecular weight excluding hydrogens is 452 g/mol. The van der Waals surface area contributed by atoms with Gasteiger partial charge in [0.25, 0.3) is 0 Å². The van der Waals surface area contributed by atoms with Crippen LogP contribution in [0.2, 0.25) is 6.82 Å². The maximum absolute atomic E-state index is 9.45. The third-order valence-electron chi connectivity index (χ3n) is 7.13. The molecule has 5 rings (SSSR count). The van der Waals surface area contributed by atoms with Gasteiger partial charge in [-0.3, -0.25) is 4.68 Å². The van der Waals surface area contributed by atoms with Gasteiger partial charge < -0.3 is 15.0 Å². The first kappa shape index (κ1) is 20.2. The molecule has 0 aliphatic heterocycles. The van der Waals surface area contributed by atoms with Gasteiger partial charge in [0.2, 0.25) is 0 Å². The van der Waals surface area contributed by atoms with Crippen LogP contribution in [0.1, 0.15) is 58.1 Å². The molecule has 2 atom stereocenters. The first-order valence-corrected chi connectivity index (χ1v) is 11.4. The summed E-state index contributed by atoms with van der Waals surface area (Å²) in [5, 5.41) is 17.2. The maximum Gasteiger partial charge on any atom is 0.373 e. The summed E-state index contributed by atoms with van der Waals surface area (Å²) in [5.41, 5.74) is 2.31. The Hall–Kier alpha value is -0.115. The summed E-state index contributed by atoms with van der Waals surface area (Å²) in [6.45, 7) is 11.3. The van der Waals surface area contributed by atoms with E-state index < -0.39 is 7.05 Å². The van der Waals surface area contributed by atoms with Crippen molar-refractivity contribution in [1.29, 1.82) is 0 Å². The second-order valence-electron chi connectivity index (χ2n) is 10.6. The Labute approximate surface area is 177 Å². The highest BCUT2D eigenvalue weighted by atomic mass is 127. The average molecular weight is 485 g/mol. The van der Waals surface area contributed by atoms with E-state index in [4.69, 9.17) is 4.74 Å². The minimum Gasteiger partial charge on any atom is -0.437 e. The number of hydrogen-bond donors (Lipinski definition) is 2. The van der Waals surface area contributed by atoms with E-state index in [9.17, 15) is 5.02 Å². The molecule has 0 radical (unpaired) electrons. The summed E-state index contributed by atoms with van der Waals surface area (Å²) in [6.07, 6.45) is 9.42. The van der Waals surface area contributed by atoms with E-state index in [-0.39, 0.29) is 11.0 Å². The van der Waals surface area contributed by atoms with Crippen LogP contribution < -0.4 is 5.23 Å². The van der Waals surface area contributed by atoms with E-state index in [1.54, 1.807) is 6.82 Å². The number of ether oxygens (including phenoxy) is 1. The number of rotatable bonds is 7. The fraction of sp³-hybridized carbons (Fsp3) is 0.850. The van der Waals surface area contributed by atoms with Crippen molar-refractivity contribution < 1.29 is 9.76 Å². The number of halogens is 1. The lowest BCUT2D eigenvalue weighted by Gasteiger charge is -2.69. The lowest BCUT2D eigenvalue weighted by atomic mass is 9.39. The average Bonchev–Trinajstić information content (AvgIpc) is 2.79. The number of nitrogens with zero attached hydrogens (tertiary/aromatic N) is 2. The predicted octanol–water partition coefficient (Wildman–Crippen LogP) is 3.63. The van der Waals surface area contributed by atoms with Crippen LogP contribution in [0.15, 0.2) is 6.20 Å². The number of aromatic nitrogens is 2. The monoisotopic (exact) mass is 485 g/mol. The highest BCUT2D eigenvalue weighted by molar-refractivity contribution is 14.1. The number of nitrogens with one attached hydrogen (secondary N) is 1. The molecule has 1 aromatic heterocycles. The highest BCUT2D eigenvalue weighted by Crippen LogP contribution is 2.72. The second-order valence-corrected chi connectivity index (χ2v) is 11.7. The van der Waals surface area contributed by atoms with Gasteiger partial charge in [-0.1, -0.05) is 13.8 Å². The molecule has 1 heterocycles. The normalized spacial score (nSPS) is 39.9. The van der Waals surface area contributed by atoms with Gasteiger partial charge in [-0.2, -0.15) is 5.10 Å². The van der Waals surface area contributed by atoms with E-state index in [1.807, 2.05) is 6.20 Å². The van der Waals surface area contributed by atoms with Crippen molar-refractivity contribution >= 4 is 29.6 Å². The second kappa shape index (κ2) is 6.71. The molecule has 4 aliphatic rings. The zero-order valence-electron chi connectivity index (χ0n) is 17.1. The zero-order valence-corrected chi connectivity index (χ0v) is 19.3. The summed E-state index contributed by atoms with van der Waals surface area (Å²) >= 11 is 2.39. The molecule has 1 aromatic rings. The molecule has 0 saturated heterocycles. The van der Waals surface area contributed by atoms with Crippen molar-refractivity contribution in [2.45, 2.75) is 78.3 Å². The van der Waals surface area contributed by atoms with Gasteiger partial charge in [-0.15, -0.1) is 0 Å².